The third-order valence-corrected chi connectivity index (χ3v) is 4.74. The number of halogens is 1. The fourth-order valence-corrected chi connectivity index (χ4v) is 3.80. The van der Waals surface area contributed by atoms with Gasteiger partial charge in [0.15, 0.2) is 9.84 Å². The molecule has 2 rings (SSSR count). The highest BCUT2D eigenvalue weighted by molar-refractivity contribution is 7.91. The Bertz CT molecular complexity index is 484. The Morgan fingerprint density at radius 2 is 2.27 bits per heavy atom. The van der Waals surface area contributed by atoms with Gasteiger partial charge in [0, 0.05) is 6.04 Å². The Labute approximate surface area is 94.4 Å². The van der Waals surface area contributed by atoms with Gasteiger partial charge in [-0.05, 0) is 18.6 Å². The summed E-state index contributed by atoms with van der Waals surface area (Å²) >= 11 is 5.96. The van der Waals surface area contributed by atoms with E-state index in [2.05, 4.69) is 5.32 Å². The van der Waals surface area contributed by atoms with Crippen LogP contribution in [0.1, 0.15) is 13.3 Å². The molecular weight excluding hydrogens is 234 g/mol. The lowest BCUT2D eigenvalue weighted by molar-refractivity contribution is 0.583. The number of para-hydroxylation sites is 1. The molecule has 82 valence electrons. The molecule has 1 atom stereocenters. The predicted molar refractivity (Wildman–Crippen MR) is 61.2 cm³/mol. The van der Waals surface area contributed by atoms with E-state index in [0.29, 0.717) is 15.6 Å². The van der Waals surface area contributed by atoms with E-state index in [9.17, 15) is 8.42 Å². The topological polar surface area (TPSA) is 46.2 Å². The van der Waals surface area contributed by atoms with Gasteiger partial charge in [-0.3, -0.25) is 0 Å². The maximum Gasteiger partial charge on any atom is 0.182 e. The second-order valence-corrected chi connectivity index (χ2v) is 6.05. The van der Waals surface area contributed by atoms with Gasteiger partial charge >= 0.3 is 0 Å². The van der Waals surface area contributed by atoms with Gasteiger partial charge in [-0.1, -0.05) is 24.6 Å². The average molecular weight is 246 g/mol. The molecule has 1 aromatic rings. The van der Waals surface area contributed by atoms with Crippen molar-refractivity contribution in [3.8, 4) is 0 Å². The second-order valence-electron chi connectivity index (χ2n) is 3.64. The monoisotopic (exact) mass is 245 g/mol. The number of hydrogen-bond donors (Lipinski definition) is 1. The molecular formula is C10H12ClNO2S. The summed E-state index contributed by atoms with van der Waals surface area (Å²) in [6.07, 6.45) is 0.768. The molecule has 3 nitrogen and oxygen atoms in total. The lowest BCUT2D eigenvalue weighted by Crippen LogP contribution is -2.33. The zero-order chi connectivity index (χ0) is 11.1. The average Bonchev–Trinajstić information content (AvgIpc) is 2.18. The van der Waals surface area contributed by atoms with Gasteiger partial charge in [0.25, 0.3) is 0 Å². The van der Waals surface area contributed by atoms with Crippen LogP contribution < -0.4 is 5.32 Å². The first-order valence-electron chi connectivity index (χ1n) is 4.82. The van der Waals surface area contributed by atoms with E-state index >= 15 is 0 Å². The summed E-state index contributed by atoms with van der Waals surface area (Å²) in [5.74, 6) is 0.150. The fraction of sp³-hybridized carbons (Fsp3) is 0.400. The first-order valence-corrected chi connectivity index (χ1v) is 6.85. The molecule has 1 unspecified atom stereocenters. The summed E-state index contributed by atoms with van der Waals surface area (Å²) in [5, 5.41) is 3.63. The van der Waals surface area contributed by atoms with Gasteiger partial charge < -0.3 is 5.32 Å². The van der Waals surface area contributed by atoms with Gasteiger partial charge in [-0.2, -0.15) is 0 Å². The van der Waals surface area contributed by atoms with Crippen molar-refractivity contribution in [2.24, 2.45) is 0 Å². The van der Waals surface area contributed by atoms with Gasteiger partial charge in [0.1, 0.15) is 0 Å². The molecule has 0 bridgehead atoms. The minimum absolute atomic E-state index is 0.0394. The smallest absolute Gasteiger partial charge is 0.182 e. The Hall–Kier alpha value is -0.740. The molecule has 15 heavy (non-hydrogen) atoms. The first kappa shape index (κ1) is 10.8. The van der Waals surface area contributed by atoms with Crippen LogP contribution in [0.4, 0.5) is 5.69 Å². The zero-order valence-corrected chi connectivity index (χ0v) is 9.90. The highest BCUT2D eigenvalue weighted by Gasteiger charge is 2.29. The molecule has 0 spiro atoms. The molecule has 1 heterocycles. The molecule has 0 aromatic heterocycles. The van der Waals surface area contributed by atoms with Gasteiger partial charge in [-0.25, -0.2) is 8.42 Å². The summed E-state index contributed by atoms with van der Waals surface area (Å²) in [6.45, 7) is 1.95. The van der Waals surface area contributed by atoms with E-state index in [1.807, 2.05) is 6.92 Å². The Morgan fingerprint density at radius 1 is 1.53 bits per heavy atom. The third kappa shape index (κ3) is 1.84. The van der Waals surface area contributed by atoms with Crippen molar-refractivity contribution in [1.29, 1.82) is 0 Å². The first-order chi connectivity index (χ1) is 7.04. The Morgan fingerprint density at radius 3 is 2.93 bits per heavy atom. The van der Waals surface area contributed by atoms with E-state index in [1.165, 1.54) is 0 Å². The predicted octanol–water partition coefficient (Wildman–Crippen LogP) is 2.32. The summed E-state index contributed by atoms with van der Waals surface area (Å²) in [4.78, 5) is 0.319. The van der Waals surface area contributed by atoms with Crippen molar-refractivity contribution in [3.63, 3.8) is 0 Å². The van der Waals surface area contributed by atoms with E-state index in [1.54, 1.807) is 18.2 Å². The van der Waals surface area contributed by atoms with Crippen molar-refractivity contribution in [3.05, 3.63) is 23.2 Å². The maximum atomic E-state index is 11.9. The molecule has 0 radical (unpaired) electrons. The molecule has 0 amide bonds. The number of anilines is 1. The van der Waals surface area contributed by atoms with E-state index in [4.69, 9.17) is 11.6 Å². The minimum Gasteiger partial charge on any atom is -0.379 e. The minimum atomic E-state index is -3.17. The Balaban J connectivity index is 2.60. The van der Waals surface area contributed by atoms with Crippen LogP contribution in [0.3, 0.4) is 0 Å². The quantitative estimate of drug-likeness (QED) is 0.826. The molecule has 5 heteroatoms. The van der Waals surface area contributed by atoms with Crippen LogP contribution in [0.5, 0.6) is 0 Å². The third-order valence-electron chi connectivity index (χ3n) is 2.57. The normalized spacial score (nSPS) is 22.9. The number of nitrogens with one attached hydrogen (secondary N) is 1. The van der Waals surface area contributed by atoms with E-state index < -0.39 is 9.84 Å². The maximum absolute atomic E-state index is 11.9. The summed E-state index contributed by atoms with van der Waals surface area (Å²) in [6, 6.07) is 4.91. The fourth-order valence-electron chi connectivity index (χ4n) is 1.72. The van der Waals surface area contributed by atoms with Gasteiger partial charge in [-0.15, -0.1) is 0 Å². The van der Waals surface area contributed by atoms with Crippen molar-refractivity contribution < 1.29 is 8.42 Å². The highest BCUT2D eigenvalue weighted by Crippen LogP contribution is 2.34. The summed E-state index contributed by atoms with van der Waals surface area (Å²) in [5.41, 5.74) is 0.553. The van der Waals surface area contributed by atoms with Crippen molar-refractivity contribution in [2.75, 3.05) is 11.1 Å². The van der Waals surface area contributed by atoms with Crippen LogP contribution in [0.2, 0.25) is 5.02 Å². The van der Waals surface area contributed by atoms with Crippen LogP contribution in [0.25, 0.3) is 0 Å². The largest absolute Gasteiger partial charge is 0.379 e. The molecule has 1 N–H and O–H groups in total. The molecule has 1 aliphatic heterocycles. The highest BCUT2D eigenvalue weighted by atomic mass is 35.5. The Kier molecular flexibility index (Phi) is 2.64. The van der Waals surface area contributed by atoms with Crippen LogP contribution in [0.15, 0.2) is 23.1 Å². The molecule has 1 aromatic carbocycles. The molecule has 0 saturated carbocycles. The molecule has 1 aliphatic rings. The van der Waals surface area contributed by atoms with Crippen LogP contribution in [-0.2, 0) is 9.84 Å². The van der Waals surface area contributed by atoms with Crippen molar-refractivity contribution >= 4 is 27.1 Å². The number of benzene rings is 1. The SMILES string of the molecule is CCC1CS(=O)(=O)c2cccc(Cl)c2N1. The van der Waals surface area contributed by atoms with E-state index in [-0.39, 0.29) is 11.8 Å². The summed E-state index contributed by atoms with van der Waals surface area (Å²) < 4.78 is 23.8. The number of rotatable bonds is 1. The molecule has 0 aliphatic carbocycles. The summed E-state index contributed by atoms with van der Waals surface area (Å²) in [7, 11) is -3.17. The standard InChI is InChI=1S/C10H12ClNO2S/c1-2-7-6-15(13,14)9-5-3-4-8(11)10(9)12-7/h3-5,7,12H,2,6H2,1H3. The van der Waals surface area contributed by atoms with E-state index in [0.717, 1.165) is 6.42 Å². The molecule has 0 fully saturated rings. The van der Waals surface area contributed by atoms with Crippen molar-refractivity contribution in [2.45, 2.75) is 24.3 Å². The molecule has 0 saturated heterocycles. The number of hydrogen-bond acceptors (Lipinski definition) is 3. The number of fused-ring (bicyclic) bond motifs is 1. The van der Waals surface area contributed by atoms with Crippen LogP contribution in [-0.4, -0.2) is 20.2 Å². The van der Waals surface area contributed by atoms with Crippen LogP contribution in [0, 0.1) is 0 Å². The lowest BCUT2D eigenvalue weighted by Gasteiger charge is -2.26. The second kappa shape index (κ2) is 3.68. The number of sulfone groups is 1. The van der Waals surface area contributed by atoms with Gasteiger partial charge in [0.2, 0.25) is 0 Å². The van der Waals surface area contributed by atoms with Crippen LogP contribution >= 0.6 is 11.6 Å². The zero-order valence-electron chi connectivity index (χ0n) is 8.33. The lowest BCUT2D eigenvalue weighted by atomic mass is 10.2. The van der Waals surface area contributed by atoms with Crippen molar-refractivity contribution in [1.82, 2.24) is 0 Å². The van der Waals surface area contributed by atoms with Gasteiger partial charge in [0.05, 0.1) is 21.4 Å².